The Balaban J connectivity index is 1.60. The lowest BCUT2D eigenvalue weighted by Gasteiger charge is -2.14. The fourth-order valence-electron chi connectivity index (χ4n) is 2.68. The lowest BCUT2D eigenvalue weighted by Crippen LogP contribution is -2.41. The summed E-state index contributed by atoms with van der Waals surface area (Å²) in [6.07, 6.45) is 0.275. The second-order valence-electron chi connectivity index (χ2n) is 6.11. The van der Waals surface area contributed by atoms with Gasteiger partial charge in [0.1, 0.15) is 6.04 Å². The third-order valence-corrected chi connectivity index (χ3v) is 4.57. The van der Waals surface area contributed by atoms with Gasteiger partial charge in [0.15, 0.2) is 0 Å². The van der Waals surface area contributed by atoms with Gasteiger partial charge in [-0.3, -0.25) is 14.4 Å². The first kappa shape index (κ1) is 17.9. The minimum atomic E-state index is -0.776. The van der Waals surface area contributed by atoms with E-state index in [-0.39, 0.29) is 30.6 Å². The van der Waals surface area contributed by atoms with Crippen LogP contribution < -0.4 is 16.0 Å². The largest absolute Gasteiger partial charge is 0.340 e. The summed E-state index contributed by atoms with van der Waals surface area (Å²) in [5.74, 6) is -0.933. The van der Waals surface area contributed by atoms with E-state index < -0.39 is 6.04 Å². The molecule has 0 unspecified atom stereocenters. The van der Waals surface area contributed by atoms with Crippen LogP contribution in [0, 0.1) is 6.92 Å². The van der Waals surface area contributed by atoms with Crippen LogP contribution in [0.2, 0.25) is 5.02 Å². The van der Waals surface area contributed by atoms with Crippen molar-refractivity contribution in [2.24, 2.45) is 0 Å². The predicted molar refractivity (Wildman–Crippen MR) is 100 cm³/mol. The van der Waals surface area contributed by atoms with E-state index in [1.54, 1.807) is 36.4 Å². The first-order chi connectivity index (χ1) is 12.4. The highest BCUT2D eigenvalue weighted by molar-refractivity contribution is 6.31. The lowest BCUT2D eigenvalue weighted by molar-refractivity contribution is -0.118. The van der Waals surface area contributed by atoms with Crippen LogP contribution in [0.1, 0.15) is 28.8 Å². The zero-order chi connectivity index (χ0) is 18.7. The molecule has 1 heterocycles. The molecule has 3 rings (SSSR count). The van der Waals surface area contributed by atoms with Crippen molar-refractivity contribution in [3.63, 3.8) is 0 Å². The van der Waals surface area contributed by atoms with Crippen LogP contribution in [0.5, 0.6) is 0 Å². The van der Waals surface area contributed by atoms with Crippen molar-refractivity contribution in [2.75, 3.05) is 10.6 Å². The number of fused-ring (bicyclic) bond motifs is 1. The molecule has 0 aromatic heterocycles. The third-order valence-electron chi connectivity index (χ3n) is 4.17. The van der Waals surface area contributed by atoms with Crippen molar-refractivity contribution < 1.29 is 14.4 Å². The smallest absolute Gasteiger partial charge is 0.254 e. The standard InChI is InChI=1S/C19H18ClN3O3/c1-11-6-7-12(10-14(11)20)21-17(24)9-8-16-19(26)22-15-5-3-2-4-13(15)18(25)23-16/h2-7,10,16H,8-9H2,1H3,(H,21,24)(H,22,26)(H,23,25)/t16-/m0/s1. The molecule has 1 aliphatic heterocycles. The van der Waals surface area contributed by atoms with Crippen molar-refractivity contribution in [3.8, 4) is 0 Å². The van der Waals surface area contributed by atoms with E-state index in [1.807, 2.05) is 13.0 Å². The van der Waals surface area contributed by atoms with Gasteiger partial charge in [-0.2, -0.15) is 0 Å². The monoisotopic (exact) mass is 371 g/mol. The number of amides is 3. The van der Waals surface area contributed by atoms with E-state index in [4.69, 9.17) is 11.6 Å². The third kappa shape index (κ3) is 4.03. The zero-order valence-corrected chi connectivity index (χ0v) is 14.9. The Bertz CT molecular complexity index is 882. The molecule has 0 aliphatic carbocycles. The molecule has 0 saturated carbocycles. The summed E-state index contributed by atoms with van der Waals surface area (Å²) in [5, 5.41) is 8.69. The summed E-state index contributed by atoms with van der Waals surface area (Å²) in [7, 11) is 0. The SMILES string of the molecule is Cc1ccc(NC(=O)CC[C@@H]2NC(=O)c3ccccc3NC2=O)cc1Cl. The van der Waals surface area contributed by atoms with Crippen molar-refractivity contribution in [1.29, 1.82) is 0 Å². The highest BCUT2D eigenvalue weighted by Crippen LogP contribution is 2.21. The molecule has 0 fully saturated rings. The molecule has 2 aromatic carbocycles. The molecule has 1 atom stereocenters. The number of hydrogen-bond acceptors (Lipinski definition) is 3. The van der Waals surface area contributed by atoms with Gasteiger partial charge in [-0.1, -0.05) is 29.8 Å². The molecule has 3 amide bonds. The molecule has 0 bridgehead atoms. The maximum absolute atomic E-state index is 12.3. The molecule has 1 aliphatic rings. The summed E-state index contributed by atoms with van der Waals surface area (Å²) in [4.78, 5) is 36.7. The van der Waals surface area contributed by atoms with Crippen LogP contribution in [0.3, 0.4) is 0 Å². The molecule has 0 spiro atoms. The second-order valence-corrected chi connectivity index (χ2v) is 6.52. The number of benzene rings is 2. The molecule has 2 aromatic rings. The molecule has 26 heavy (non-hydrogen) atoms. The Kier molecular flexibility index (Phi) is 5.23. The van der Waals surface area contributed by atoms with Gasteiger partial charge in [-0.25, -0.2) is 0 Å². The summed E-state index contributed by atoms with van der Waals surface area (Å²) < 4.78 is 0. The van der Waals surface area contributed by atoms with Gasteiger partial charge in [-0.05, 0) is 43.2 Å². The maximum atomic E-state index is 12.3. The van der Waals surface area contributed by atoms with E-state index in [0.29, 0.717) is 22.0 Å². The molecule has 0 saturated heterocycles. The van der Waals surface area contributed by atoms with E-state index in [1.165, 1.54) is 0 Å². The van der Waals surface area contributed by atoms with Crippen LogP contribution in [-0.2, 0) is 9.59 Å². The molecule has 3 N–H and O–H groups in total. The lowest BCUT2D eigenvalue weighted by atomic mass is 10.1. The number of aryl methyl sites for hydroxylation is 1. The highest BCUT2D eigenvalue weighted by Gasteiger charge is 2.27. The van der Waals surface area contributed by atoms with Crippen molar-refractivity contribution in [3.05, 3.63) is 58.6 Å². The van der Waals surface area contributed by atoms with Crippen LogP contribution in [0.15, 0.2) is 42.5 Å². The van der Waals surface area contributed by atoms with Gasteiger partial charge < -0.3 is 16.0 Å². The quantitative estimate of drug-likeness (QED) is 0.771. The zero-order valence-electron chi connectivity index (χ0n) is 14.1. The molecule has 7 heteroatoms. The number of rotatable bonds is 4. The van der Waals surface area contributed by atoms with Crippen molar-refractivity contribution in [1.82, 2.24) is 5.32 Å². The number of nitrogens with one attached hydrogen (secondary N) is 3. The minimum absolute atomic E-state index is 0.0835. The van der Waals surface area contributed by atoms with Crippen LogP contribution in [-0.4, -0.2) is 23.8 Å². The van der Waals surface area contributed by atoms with E-state index >= 15 is 0 Å². The van der Waals surface area contributed by atoms with E-state index in [2.05, 4.69) is 16.0 Å². The van der Waals surface area contributed by atoms with Crippen molar-refractivity contribution in [2.45, 2.75) is 25.8 Å². The fraction of sp³-hybridized carbons (Fsp3) is 0.211. The average molecular weight is 372 g/mol. The van der Waals surface area contributed by atoms with Gasteiger partial charge in [0, 0.05) is 17.1 Å². The van der Waals surface area contributed by atoms with Crippen LogP contribution in [0.4, 0.5) is 11.4 Å². The average Bonchev–Trinajstić information content (AvgIpc) is 2.73. The molecule has 134 valence electrons. The van der Waals surface area contributed by atoms with Crippen LogP contribution >= 0.6 is 11.6 Å². The first-order valence-electron chi connectivity index (χ1n) is 8.21. The Morgan fingerprint density at radius 1 is 1.19 bits per heavy atom. The topological polar surface area (TPSA) is 87.3 Å². The molecule has 0 radical (unpaired) electrons. The van der Waals surface area contributed by atoms with Gasteiger partial charge in [-0.15, -0.1) is 0 Å². The molecule has 6 nitrogen and oxygen atoms in total. The second kappa shape index (κ2) is 7.58. The summed E-state index contributed by atoms with van der Waals surface area (Å²) in [6.45, 7) is 1.87. The fourth-order valence-corrected chi connectivity index (χ4v) is 2.86. The Labute approximate surface area is 155 Å². The number of halogens is 1. The molecular formula is C19H18ClN3O3. The number of anilines is 2. The number of para-hydroxylation sites is 1. The van der Waals surface area contributed by atoms with E-state index in [0.717, 1.165) is 5.56 Å². The number of carbonyl (C=O) groups is 3. The number of carbonyl (C=O) groups excluding carboxylic acids is 3. The summed E-state index contributed by atoms with van der Waals surface area (Å²) >= 11 is 6.04. The normalized spacial score (nSPS) is 16.2. The van der Waals surface area contributed by atoms with Gasteiger partial charge >= 0.3 is 0 Å². The molecular weight excluding hydrogens is 354 g/mol. The summed E-state index contributed by atoms with van der Waals surface area (Å²) in [5.41, 5.74) is 2.38. The maximum Gasteiger partial charge on any atom is 0.254 e. The summed E-state index contributed by atoms with van der Waals surface area (Å²) in [6, 6.07) is 11.2. The van der Waals surface area contributed by atoms with Gasteiger partial charge in [0.05, 0.1) is 11.3 Å². The Hall–Kier alpha value is -2.86. The van der Waals surface area contributed by atoms with Crippen molar-refractivity contribution >= 4 is 40.7 Å². The number of hydrogen-bond donors (Lipinski definition) is 3. The first-order valence-corrected chi connectivity index (χ1v) is 8.58. The van der Waals surface area contributed by atoms with Crippen LogP contribution in [0.25, 0.3) is 0 Å². The van der Waals surface area contributed by atoms with E-state index in [9.17, 15) is 14.4 Å². The van der Waals surface area contributed by atoms with Gasteiger partial charge in [0.2, 0.25) is 11.8 Å². The predicted octanol–water partition coefficient (Wildman–Crippen LogP) is 3.12. The Morgan fingerprint density at radius 2 is 1.96 bits per heavy atom. The van der Waals surface area contributed by atoms with Gasteiger partial charge in [0.25, 0.3) is 5.91 Å². The minimum Gasteiger partial charge on any atom is -0.340 e. The Morgan fingerprint density at radius 3 is 2.73 bits per heavy atom. The highest BCUT2D eigenvalue weighted by atomic mass is 35.5.